The van der Waals surface area contributed by atoms with Crippen LogP contribution in [0.25, 0.3) is 0 Å². The number of carbonyl (C=O) groups excluding carboxylic acids is 5. The summed E-state index contributed by atoms with van der Waals surface area (Å²) in [6, 6.07) is -1.65. The summed E-state index contributed by atoms with van der Waals surface area (Å²) in [6.45, 7) is 1.50. The number of nitrogens with zero attached hydrogens (tertiary/aromatic N) is 1. The smallest absolute Gasteiger partial charge is 0.322 e. The summed E-state index contributed by atoms with van der Waals surface area (Å²) in [4.78, 5) is 89.4. The number of ketones is 1. The molecule has 1 heterocycles. The van der Waals surface area contributed by atoms with Crippen molar-refractivity contribution in [1.82, 2.24) is 36.6 Å². The summed E-state index contributed by atoms with van der Waals surface area (Å²) in [5, 5.41) is 31.0. The summed E-state index contributed by atoms with van der Waals surface area (Å²) < 4.78 is 21.5. The van der Waals surface area contributed by atoms with Gasteiger partial charge < -0.3 is 61.1 Å². The van der Waals surface area contributed by atoms with Crippen LogP contribution in [-0.4, -0.2) is 159 Å². The Morgan fingerprint density at radius 3 is 1.58 bits per heavy atom. The van der Waals surface area contributed by atoms with Gasteiger partial charge in [-0.25, -0.2) is 4.98 Å². The minimum absolute atomic E-state index is 0.0261. The lowest BCUT2D eigenvalue weighted by Gasteiger charge is -2.19. The van der Waals surface area contributed by atoms with Crippen LogP contribution in [0.15, 0.2) is 12.5 Å². The molecule has 0 saturated carbocycles. The lowest BCUT2D eigenvalue weighted by atomic mass is 10.0. The first kappa shape index (κ1) is 59.5. The van der Waals surface area contributed by atoms with E-state index < -0.39 is 36.5 Å². The van der Waals surface area contributed by atoms with E-state index in [1.807, 2.05) is 0 Å². The van der Waals surface area contributed by atoms with Crippen molar-refractivity contribution in [2.24, 2.45) is 5.73 Å². The van der Waals surface area contributed by atoms with Crippen LogP contribution >= 0.6 is 0 Å². The Kier molecular flexibility index (Phi) is 37.7. The molecule has 378 valence electrons. The zero-order chi connectivity index (χ0) is 48.3. The summed E-state index contributed by atoms with van der Waals surface area (Å²) in [7, 11) is 0. The van der Waals surface area contributed by atoms with E-state index in [2.05, 4.69) is 36.6 Å². The number of nitrogens with one attached hydrogen (secondary N) is 6. The van der Waals surface area contributed by atoms with Crippen molar-refractivity contribution in [3.8, 4) is 0 Å². The molecular formula is C45H80N8O13. The topological polar surface area (TPSA) is 312 Å². The third kappa shape index (κ3) is 37.7. The molecule has 0 unspecified atom stereocenters. The van der Waals surface area contributed by atoms with Gasteiger partial charge in [-0.2, -0.15) is 0 Å². The molecule has 21 nitrogen and oxygen atoms in total. The Morgan fingerprint density at radius 2 is 1.06 bits per heavy atom. The lowest BCUT2D eigenvalue weighted by Crippen LogP contribution is -2.49. The van der Waals surface area contributed by atoms with Crippen molar-refractivity contribution in [2.75, 3.05) is 85.6 Å². The number of hydrogen-bond donors (Lipinski definition) is 9. The van der Waals surface area contributed by atoms with Crippen LogP contribution in [-0.2, 0) is 58.9 Å². The largest absolute Gasteiger partial charge is 0.481 e. The molecule has 21 heteroatoms. The number of carboxylic acids is 2. The molecule has 1 aromatic heterocycles. The van der Waals surface area contributed by atoms with Gasteiger partial charge in [0.05, 0.1) is 64.6 Å². The number of nitrogens with two attached hydrogens (primary N) is 1. The number of hydrogen-bond acceptors (Lipinski definition) is 14. The van der Waals surface area contributed by atoms with Gasteiger partial charge in [0.2, 0.25) is 23.6 Å². The zero-order valence-corrected chi connectivity index (χ0v) is 39.1. The molecule has 66 heavy (non-hydrogen) atoms. The normalized spacial score (nSPS) is 12.0. The van der Waals surface area contributed by atoms with Crippen molar-refractivity contribution in [3.63, 3.8) is 0 Å². The highest BCUT2D eigenvalue weighted by Crippen LogP contribution is 2.14. The molecule has 1 rings (SSSR count). The molecule has 0 aliphatic heterocycles. The van der Waals surface area contributed by atoms with Gasteiger partial charge in [-0.1, -0.05) is 77.0 Å². The van der Waals surface area contributed by atoms with Gasteiger partial charge >= 0.3 is 11.9 Å². The molecule has 0 saturated heterocycles. The fraction of sp³-hybridized carbons (Fsp3) is 0.778. The Labute approximate surface area is 389 Å². The van der Waals surface area contributed by atoms with E-state index in [0.29, 0.717) is 51.3 Å². The number of aromatic nitrogens is 2. The van der Waals surface area contributed by atoms with Gasteiger partial charge in [-0.05, 0) is 32.1 Å². The number of unbranched alkanes of at least 4 members (excludes halogenated alkanes) is 14. The molecule has 2 atom stereocenters. The van der Waals surface area contributed by atoms with E-state index >= 15 is 0 Å². The number of Topliss-reactive ketones (excluding diaryl/α,β-unsaturated/α-hetero) is 1. The molecular weight excluding hydrogens is 861 g/mol. The molecule has 0 aliphatic rings. The van der Waals surface area contributed by atoms with Crippen molar-refractivity contribution < 1.29 is 62.7 Å². The summed E-state index contributed by atoms with van der Waals surface area (Å²) in [6.07, 6.45) is 21.4. The third-order valence-corrected chi connectivity index (χ3v) is 10.3. The van der Waals surface area contributed by atoms with E-state index in [4.69, 9.17) is 34.9 Å². The van der Waals surface area contributed by atoms with Crippen molar-refractivity contribution >= 4 is 41.4 Å². The fourth-order valence-electron chi connectivity index (χ4n) is 6.58. The predicted octanol–water partition coefficient (Wildman–Crippen LogP) is 1.92. The van der Waals surface area contributed by atoms with Gasteiger partial charge in [0, 0.05) is 50.8 Å². The molecule has 4 amide bonds. The predicted molar refractivity (Wildman–Crippen MR) is 245 cm³/mol. The maximum Gasteiger partial charge on any atom is 0.322 e. The minimum atomic E-state index is -1.20. The number of aliphatic carboxylic acids is 2. The van der Waals surface area contributed by atoms with Gasteiger partial charge in [0.25, 0.3) is 0 Å². The number of imidazole rings is 1. The second-order valence-corrected chi connectivity index (χ2v) is 16.1. The number of carbonyl (C=O) groups is 7. The van der Waals surface area contributed by atoms with Gasteiger partial charge in [-0.3, -0.25) is 38.9 Å². The van der Waals surface area contributed by atoms with Crippen LogP contribution in [0.2, 0.25) is 0 Å². The number of ether oxygens (including phenoxy) is 4. The summed E-state index contributed by atoms with van der Waals surface area (Å²) >= 11 is 0. The third-order valence-electron chi connectivity index (χ3n) is 10.3. The average Bonchev–Trinajstić information content (AvgIpc) is 3.80. The van der Waals surface area contributed by atoms with Crippen LogP contribution in [0.3, 0.4) is 0 Å². The van der Waals surface area contributed by atoms with E-state index in [1.165, 1.54) is 57.7 Å². The maximum absolute atomic E-state index is 12.6. The quantitative estimate of drug-likeness (QED) is 0.0422. The van der Waals surface area contributed by atoms with Gasteiger partial charge in [0.1, 0.15) is 19.8 Å². The Hall–Kier alpha value is -4.54. The molecule has 0 aliphatic carbocycles. The molecule has 0 spiro atoms. The van der Waals surface area contributed by atoms with E-state index in [1.54, 1.807) is 6.20 Å². The molecule has 0 bridgehead atoms. The van der Waals surface area contributed by atoms with Crippen molar-refractivity contribution in [3.05, 3.63) is 18.2 Å². The van der Waals surface area contributed by atoms with Gasteiger partial charge in [-0.15, -0.1) is 0 Å². The van der Waals surface area contributed by atoms with Crippen molar-refractivity contribution in [1.29, 1.82) is 0 Å². The molecule has 1 aromatic rings. The number of rotatable bonds is 47. The highest BCUT2D eigenvalue weighted by Gasteiger charge is 2.22. The Balaban J connectivity index is 1.91. The maximum atomic E-state index is 12.6. The molecule has 0 fully saturated rings. The monoisotopic (exact) mass is 941 g/mol. The van der Waals surface area contributed by atoms with Crippen LogP contribution in [0.5, 0.6) is 0 Å². The first-order valence-corrected chi connectivity index (χ1v) is 23.8. The minimum Gasteiger partial charge on any atom is -0.481 e. The van der Waals surface area contributed by atoms with E-state index in [0.717, 1.165) is 38.5 Å². The standard InChI is InChI=1S/C45H80N8O13/c46-37(29-36-30-47-35-53-36)39(54)31-51-38(45(62)52-32-44(60)61)17-15-16-20-48-41(56)33-65-27-26-64-24-22-50-42(57)34-66-28-25-63-23-21-49-40(55)18-13-11-9-7-5-3-1-2-4-6-8-10-12-14-19-43(58)59/h30,35,37-38,51H,1-29,31-34,46H2,(H,47,53)(H,48,56)(H,49,55)(H,50,57)(H,52,62)(H,58,59)(H,60,61)/t37-,38-/m0/s1. The molecule has 0 aromatic carbocycles. The number of H-pyrrole nitrogens is 1. The number of amides is 4. The highest BCUT2D eigenvalue weighted by molar-refractivity contribution is 5.88. The summed E-state index contributed by atoms with van der Waals surface area (Å²) in [5.74, 6) is -3.38. The fourth-order valence-corrected chi connectivity index (χ4v) is 6.58. The molecule has 10 N–H and O–H groups in total. The van der Waals surface area contributed by atoms with Crippen LogP contribution < -0.4 is 32.3 Å². The first-order chi connectivity index (χ1) is 32.0. The summed E-state index contributed by atoms with van der Waals surface area (Å²) in [5.41, 5.74) is 6.67. The SMILES string of the molecule is N[C@@H](Cc1cnc[nH]1)C(=O)CN[C@@H](CCCCNC(=O)COCCOCCNC(=O)COCCOCCNC(=O)CCCCCCCCCCCCCCCCC(=O)O)C(=O)NCC(=O)O. The Bertz CT molecular complexity index is 1450. The van der Waals surface area contributed by atoms with Crippen LogP contribution in [0.4, 0.5) is 0 Å². The van der Waals surface area contributed by atoms with Crippen LogP contribution in [0, 0.1) is 0 Å². The molecule has 0 radical (unpaired) electrons. The average molecular weight is 941 g/mol. The van der Waals surface area contributed by atoms with Crippen molar-refractivity contribution in [2.45, 2.75) is 141 Å². The second-order valence-electron chi connectivity index (χ2n) is 16.1. The Morgan fingerprint density at radius 1 is 0.561 bits per heavy atom. The van der Waals surface area contributed by atoms with Crippen LogP contribution in [0.1, 0.15) is 128 Å². The number of aromatic amines is 1. The number of carboxylic acid groups (broad SMARTS) is 2. The van der Waals surface area contributed by atoms with E-state index in [-0.39, 0.29) is 95.5 Å². The lowest BCUT2D eigenvalue weighted by molar-refractivity contribution is -0.138. The second kappa shape index (κ2) is 41.9. The van der Waals surface area contributed by atoms with E-state index in [9.17, 15) is 33.6 Å². The zero-order valence-electron chi connectivity index (χ0n) is 39.1. The van der Waals surface area contributed by atoms with Gasteiger partial charge in [0.15, 0.2) is 5.78 Å². The first-order valence-electron chi connectivity index (χ1n) is 23.8. The highest BCUT2D eigenvalue weighted by atomic mass is 16.5.